The molecule has 0 saturated heterocycles. The predicted molar refractivity (Wildman–Crippen MR) is 113 cm³/mol. The van der Waals surface area contributed by atoms with Crippen molar-refractivity contribution in [3.8, 4) is 0 Å². The minimum absolute atomic E-state index is 0. The van der Waals surface area contributed by atoms with Crippen LogP contribution in [0.1, 0.15) is 57.2 Å². The van der Waals surface area contributed by atoms with Gasteiger partial charge in [-0.15, -0.1) is 24.0 Å². The number of nitrogens with one attached hydrogen (secondary N) is 2. The second kappa shape index (κ2) is 11.7. The van der Waals surface area contributed by atoms with Crippen LogP contribution in [-0.4, -0.2) is 30.1 Å². The highest BCUT2D eigenvalue weighted by Gasteiger charge is 2.21. The number of guanidine groups is 1. The van der Waals surface area contributed by atoms with E-state index in [4.69, 9.17) is 4.99 Å². The number of nitrogens with zero attached hydrogens (tertiary/aromatic N) is 2. The molecule has 2 N–H and O–H groups in total. The molecule has 1 heterocycles. The fourth-order valence-corrected chi connectivity index (χ4v) is 3.25. The van der Waals surface area contributed by atoms with Gasteiger partial charge in [0.2, 0.25) is 0 Å². The Labute approximate surface area is 164 Å². The fourth-order valence-electron chi connectivity index (χ4n) is 3.25. The molecule has 24 heavy (non-hydrogen) atoms. The Bertz CT molecular complexity index is 487. The summed E-state index contributed by atoms with van der Waals surface area (Å²) in [6.45, 7) is 8.15. The molecule has 1 aliphatic rings. The van der Waals surface area contributed by atoms with Crippen molar-refractivity contribution in [1.29, 1.82) is 0 Å². The van der Waals surface area contributed by atoms with Crippen LogP contribution in [0.25, 0.3) is 0 Å². The molecule has 136 valence electrons. The summed E-state index contributed by atoms with van der Waals surface area (Å²) < 4.78 is 0. The molecule has 2 unspecified atom stereocenters. The van der Waals surface area contributed by atoms with Gasteiger partial charge in [0, 0.05) is 31.0 Å². The first kappa shape index (κ1) is 21.2. The molecular weight excluding hydrogens is 411 g/mol. The first-order valence-corrected chi connectivity index (χ1v) is 9.17. The lowest BCUT2D eigenvalue weighted by Crippen LogP contribution is -2.45. The number of aromatic nitrogens is 1. The van der Waals surface area contributed by atoms with Crippen molar-refractivity contribution in [2.75, 3.05) is 13.1 Å². The van der Waals surface area contributed by atoms with Crippen LogP contribution in [0.5, 0.6) is 0 Å². The first-order valence-electron chi connectivity index (χ1n) is 9.17. The minimum Gasteiger partial charge on any atom is -0.357 e. The maximum atomic E-state index is 4.74. The molecule has 0 radical (unpaired) electrons. The molecule has 0 amide bonds. The molecule has 0 spiro atoms. The summed E-state index contributed by atoms with van der Waals surface area (Å²) in [5.41, 5.74) is 2.31. The van der Waals surface area contributed by atoms with Crippen LogP contribution in [-0.2, 0) is 6.42 Å². The van der Waals surface area contributed by atoms with E-state index in [1.807, 2.05) is 13.1 Å². The van der Waals surface area contributed by atoms with Crippen LogP contribution >= 0.6 is 24.0 Å². The molecule has 1 aliphatic carbocycles. The SMILES string of the molecule is CCNC(=NCCc1ccc(C)nc1)NC1CCCC(CC)C1.I. The number of hydrogen-bond acceptors (Lipinski definition) is 2. The van der Waals surface area contributed by atoms with E-state index in [9.17, 15) is 0 Å². The van der Waals surface area contributed by atoms with E-state index in [2.05, 4.69) is 41.6 Å². The third-order valence-corrected chi connectivity index (χ3v) is 4.69. The standard InChI is InChI=1S/C19H32N4.HI/c1-4-16-7-6-8-18(13-16)23-19(20-5-2)21-12-11-17-10-9-15(3)22-14-17;/h9-10,14,16,18H,4-8,11-13H2,1-3H3,(H2,20,21,23);1H. The van der Waals surface area contributed by atoms with Crippen molar-refractivity contribution in [2.45, 2.75) is 65.3 Å². The Morgan fingerprint density at radius 1 is 1.29 bits per heavy atom. The predicted octanol–water partition coefficient (Wildman–Crippen LogP) is 4.07. The number of pyridine rings is 1. The number of halogens is 1. The van der Waals surface area contributed by atoms with Crippen molar-refractivity contribution >= 4 is 29.9 Å². The summed E-state index contributed by atoms with van der Waals surface area (Å²) in [4.78, 5) is 9.09. The molecule has 1 fully saturated rings. The van der Waals surface area contributed by atoms with E-state index in [1.165, 1.54) is 37.7 Å². The van der Waals surface area contributed by atoms with Crippen molar-refractivity contribution in [3.05, 3.63) is 29.6 Å². The van der Waals surface area contributed by atoms with E-state index in [0.717, 1.165) is 37.1 Å². The van der Waals surface area contributed by atoms with Gasteiger partial charge in [0.05, 0.1) is 0 Å². The van der Waals surface area contributed by atoms with Crippen LogP contribution in [0.4, 0.5) is 0 Å². The zero-order valence-corrected chi connectivity index (χ0v) is 17.7. The molecule has 5 heteroatoms. The monoisotopic (exact) mass is 444 g/mol. The van der Waals surface area contributed by atoms with Crippen molar-refractivity contribution in [1.82, 2.24) is 15.6 Å². The van der Waals surface area contributed by atoms with Gasteiger partial charge in [-0.2, -0.15) is 0 Å². The normalized spacial score (nSPS) is 21.0. The molecule has 1 aromatic heterocycles. The molecule has 0 bridgehead atoms. The van der Waals surface area contributed by atoms with Crippen LogP contribution < -0.4 is 10.6 Å². The zero-order chi connectivity index (χ0) is 16.5. The van der Waals surface area contributed by atoms with Crippen molar-refractivity contribution in [3.63, 3.8) is 0 Å². The lowest BCUT2D eigenvalue weighted by atomic mass is 9.84. The highest BCUT2D eigenvalue weighted by molar-refractivity contribution is 14.0. The Kier molecular flexibility index (Phi) is 10.3. The van der Waals surface area contributed by atoms with Gasteiger partial charge < -0.3 is 10.6 Å². The van der Waals surface area contributed by atoms with Gasteiger partial charge in [0.1, 0.15) is 0 Å². The average Bonchev–Trinajstić information content (AvgIpc) is 2.57. The molecule has 1 aromatic rings. The fraction of sp³-hybridized carbons (Fsp3) is 0.684. The summed E-state index contributed by atoms with van der Waals surface area (Å²) in [5, 5.41) is 7.02. The van der Waals surface area contributed by atoms with Crippen LogP contribution in [0.2, 0.25) is 0 Å². The number of aryl methyl sites for hydroxylation is 1. The Balaban J connectivity index is 0.00000288. The molecule has 0 aliphatic heterocycles. The van der Waals surface area contributed by atoms with Gasteiger partial charge in [-0.3, -0.25) is 9.98 Å². The van der Waals surface area contributed by atoms with Crippen LogP contribution in [0.3, 0.4) is 0 Å². The second-order valence-corrected chi connectivity index (χ2v) is 6.60. The molecule has 1 saturated carbocycles. The number of rotatable bonds is 6. The molecule has 0 aromatic carbocycles. The van der Waals surface area contributed by atoms with Crippen molar-refractivity contribution < 1.29 is 0 Å². The Hall–Kier alpha value is -0.850. The lowest BCUT2D eigenvalue weighted by molar-refractivity contribution is 0.298. The van der Waals surface area contributed by atoms with Gasteiger partial charge in [0.15, 0.2) is 5.96 Å². The van der Waals surface area contributed by atoms with Gasteiger partial charge in [0.25, 0.3) is 0 Å². The summed E-state index contributed by atoms with van der Waals surface area (Å²) in [6, 6.07) is 4.79. The largest absolute Gasteiger partial charge is 0.357 e. The summed E-state index contributed by atoms with van der Waals surface area (Å²) >= 11 is 0. The maximum Gasteiger partial charge on any atom is 0.191 e. The first-order chi connectivity index (χ1) is 11.2. The quantitative estimate of drug-likeness (QED) is 0.395. The number of hydrogen-bond donors (Lipinski definition) is 2. The van der Waals surface area contributed by atoms with E-state index in [0.29, 0.717) is 6.04 Å². The van der Waals surface area contributed by atoms with Gasteiger partial charge in [-0.05, 0) is 50.7 Å². The topological polar surface area (TPSA) is 49.3 Å². The number of aliphatic imine (C=N–C) groups is 1. The zero-order valence-electron chi connectivity index (χ0n) is 15.3. The second-order valence-electron chi connectivity index (χ2n) is 6.60. The Morgan fingerprint density at radius 2 is 2.12 bits per heavy atom. The summed E-state index contributed by atoms with van der Waals surface area (Å²) in [7, 11) is 0. The highest BCUT2D eigenvalue weighted by atomic mass is 127. The molecule has 4 nitrogen and oxygen atoms in total. The molecule has 2 atom stereocenters. The third kappa shape index (κ3) is 7.36. The van der Waals surface area contributed by atoms with Gasteiger partial charge in [-0.1, -0.05) is 32.3 Å². The molecule has 2 rings (SSSR count). The average molecular weight is 444 g/mol. The van der Waals surface area contributed by atoms with Crippen LogP contribution in [0.15, 0.2) is 23.3 Å². The smallest absolute Gasteiger partial charge is 0.191 e. The van der Waals surface area contributed by atoms with Gasteiger partial charge in [-0.25, -0.2) is 0 Å². The molecular formula is C19H33IN4. The van der Waals surface area contributed by atoms with Crippen LogP contribution in [0, 0.1) is 12.8 Å². The van der Waals surface area contributed by atoms with Crippen molar-refractivity contribution in [2.24, 2.45) is 10.9 Å². The third-order valence-electron chi connectivity index (χ3n) is 4.69. The van der Waals surface area contributed by atoms with E-state index in [1.54, 1.807) is 0 Å². The summed E-state index contributed by atoms with van der Waals surface area (Å²) in [6.07, 6.45) is 9.47. The van der Waals surface area contributed by atoms with E-state index >= 15 is 0 Å². The van der Waals surface area contributed by atoms with E-state index < -0.39 is 0 Å². The Morgan fingerprint density at radius 3 is 2.79 bits per heavy atom. The lowest BCUT2D eigenvalue weighted by Gasteiger charge is -2.30. The highest BCUT2D eigenvalue weighted by Crippen LogP contribution is 2.26. The van der Waals surface area contributed by atoms with Gasteiger partial charge >= 0.3 is 0 Å². The minimum atomic E-state index is 0. The summed E-state index contributed by atoms with van der Waals surface area (Å²) in [5.74, 6) is 1.84. The maximum absolute atomic E-state index is 4.74. The van der Waals surface area contributed by atoms with E-state index in [-0.39, 0.29) is 24.0 Å².